The monoisotopic (exact) mass is 278 g/mol. The highest BCUT2D eigenvalue weighted by Crippen LogP contribution is 2.34. The fourth-order valence-corrected chi connectivity index (χ4v) is 2.38. The average molecular weight is 279 g/mol. The Bertz CT molecular complexity index is 539. The molecule has 0 bridgehead atoms. The summed E-state index contributed by atoms with van der Waals surface area (Å²) in [5, 5.41) is 3.74. The third kappa shape index (κ3) is 1.98. The normalized spacial score (nSPS) is 10.5. The van der Waals surface area contributed by atoms with Gasteiger partial charge in [0, 0.05) is 0 Å². The molecule has 2 aromatic rings. The second-order valence-electron chi connectivity index (χ2n) is 2.67. The van der Waals surface area contributed by atoms with E-state index in [4.69, 9.17) is 41.2 Å². The highest BCUT2D eigenvalue weighted by molar-refractivity contribution is 7.80. The second-order valence-corrected chi connectivity index (χ2v) is 4.45. The van der Waals surface area contributed by atoms with Crippen molar-refractivity contribution in [3.63, 3.8) is 0 Å². The first-order valence-electron chi connectivity index (χ1n) is 3.76. The number of nitrogens with one attached hydrogen (secondary N) is 1. The molecule has 0 fully saturated rings. The number of benzene rings is 1. The Labute approximate surface area is 105 Å². The summed E-state index contributed by atoms with van der Waals surface area (Å²) in [7, 11) is 0. The van der Waals surface area contributed by atoms with Gasteiger partial charge in [-0.2, -0.15) is 8.75 Å². The van der Waals surface area contributed by atoms with Crippen LogP contribution in [0.1, 0.15) is 0 Å². The first-order chi connectivity index (χ1) is 7.09. The molecule has 1 aromatic heterocycles. The summed E-state index contributed by atoms with van der Waals surface area (Å²) >= 11 is 17.7. The van der Waals surface area contributed by atoms with E-state index in [0.29, 0.717) is 26.8 Å². The maximum atomic E-state index is 5.98. The molecule has 2 rings (SSSR count). The molecule has 1 heterocycles. The zero-order valence-electron chi connectivity index (χ0n) is 7.12. The zero-order valence-corrected chi connectivity index (χ0v) is 10.3. The van der Waals surface area contributed by atoms with Gasteiger partial charge in [0.25, 0.3) is 0 Å². The van der Waals surface area contributed by atoms with Crippen LogP contribution >= 0.6 is 47.1 Å². The van der Waals surface area contributed by atoms with Gasteiger partial charge in [0.1, 0.15) is 11.0 Å². The molecule has 0 spiro atoms. The number of anilines is 1. The van der Waals surface area contributed by atoms with Gasteiger partial charge >= 0.3 is 0 Å². The van der Waals surface area contributed by atoms with Crippen molar-refractivity contribution in [2.75, 3.05) is 5.32 Å². The molecule has 0 saturated heterocycles. The number of hydrogen-bond donors (Lipinski definition) is 2. The number of rotatable bonds is 1. The number of fused-ring (bicyclic) bond motifs is 1. The van der Waals surface area contributed by atoms with E-state index in [-0.39, 0.29) is 5.11 Å². The predicted octanol–water partition coefficient (Wildman–Crippen LogP) is 2.65. The molecule has 0 aliphatic carbocycles. The molecule has 0 aliphatic rings. The largest absolute Gasteiger partial charge is 0.376 e. The van der Waals surface area contributed by atoms with E-state index in [1.807, 2.05) is 0 Å². The lowest BCUT2D eigenvalue weighted by Crippen LogP contribution is -2.19. The number of nitrogens with two attached hydrogens (primary N) is 1. The van der Waals surface area contributed by atoms with Crippen LogP contribution in [-0.4, -0.2) is 13.9 Å². The van der Waals surface area contributed by atoms with Crippen molar-refractivity contribution in [3.8, 4) is 0 Å². The maximum absolute atomic E-state index is 5.98. The van der Waals surface area contributed by atoms with E-state index in [9.17, 15) is 0 Å². The van der Waals surface area contributed by atoms with E-state index in [0.717, 1.165) is 11.7 Å². The Kier molecular flexibility index (Phi) is 2.92. The molecular formula is C7H4Cl2N4S2. The van der Waals surface area contributed by atoms with Gasteiger partial charge in [-0.05, 0) is 18.3 Å². The minimum atomic E-state index is 0.119. The third-order valence-corrected chi connectivity index (χ3v) is 2.91. The first-order valence-corrected chi connectivity index (χ1v) is 5.65. The van der Waals surface area contributed by atoms with E-state index in [2.05, 4.69) is 14.1 Å². The lowest BCUT2D eigenvalue weighted by Gasteiger charge is -2.06. The Morgan fingerprint density at radius 1 is 1.33 bits per heavy atom. The van der Waals surface area contributed by atoms with Crippen molar-refractivity contribution in [2.45, 2.75) is 0 Å². The summed E-state index contributed by atoms with van der Waals surface area (Å²) in [5.74, 6) is 0. The molecule has 3 N–H and O–H groups in total. The Morgan fingerprint density at radius 3 is 2.67 bits per heavy atom. The highest BCUT2D eigenvalue weighted by Gasteiger charge is 2.13. The minimum absolute atomic E-state index is 0.119. The van der Waals surface area contributed by atoms with Crippen LogP contribution in [0.4, 0.5) is 5.69 Å². The topological polar surface area (TPSA) is 63.8 Å². The fraction of sp³-hybridized carbons (Fsp3) is 0. The molecule has 0 radical (unpaired) electrons. The quantitative estimate of drug-likeness (QED) is 0.786. The van der Waals surface area contributed by atoms with Crippen molar-refractivity contribution < 1.29 is 0 Å². The molecule has 15 heavy (non-hydrogen) atoms. The van der Waals surface area contributed by atoms with Gasteiger partial charge < -0.3 is 11.1 Å². The molecular weight excluding hydrogens is 275 g/mol. The van der Waals surface area contributed by atoms with Crippen LogP contribution in [-0.2, 0) is 0 Å². The summed E-state index contributed by atoms with van der Waals surface area (Å²) in [6, 6.07) is 1.58. The number of thiocarbonyl (C=S) groups is 1. The van der Waals surface area contributed by atoms with E-state index in [1.165, 1.54) is 0 Å². The molecule has 0 atom stereocenters. The van der Waals surface area contributed by atoms with Crippen molar-refractivity contribution in [3.05, 3.63) is 16.1 Å². The SMILES string of the molecule is NC(=S)Nc1c(Cl)cc(Cl)c2nsnc12. The van der Waals surface area contributed by atoms with Crippen molar-refractivity contribution >= 4 is 69.0 Å². The summed E-state index contributed by atoms with van der Waals surface area (Å²) in [5.41, 5.74) is 7.08. The standard InChI is InChI=1S/C7H4Cl2N4S2/c8-2-1-3(9)5-6(13-15-12-5)4(2)11-7(10)14/h1H,(H3,10,11,14). The van der Waals surface area contributed by atoms with Crippen LogP contribution in [0.5, 0.6) is 0 Å². The van der Waals surface area contributed by atoms with Gasteiger partial charge in [0.05, 0.1) is 27.5 Å². The molecule has 0 saturated carbocycles. The van der Waals surface area contributed by atoms with Gasteiger partial charge in [-0.15, -0.1) is 0 Å². The van der Waals surface area contributed by atoms with Crippen LogP contribution < -0.4 is 11.1 Å². The van der Waals surface area contributed by atoms with Gasteiger partial charge in [-0.1, -0.05) is 23.2 Å². The molecule has 8 heteroatoms. The molecule has 4 nitrogen and oxygen atoms in total. The second kappa shape index (κ2) is 4.05. The maximum Gasteiger partial charge on any atom is 0.168 e. The van der Waals surface area contributed by atoms with E-state index < -0.39 is 0 Å². The van der Waals surface area contributed by atoms with Gasteiger partial charge in [-0.25, -0.2) is 0 Å². The van der Waals surface area contributed by atoms with Gasteiger partial charge in [0.2, 0.25) is 0 Å². The van der Waals surface area contributed by atoms with Crippen LogP contribution in [0.2, 0.25) is 10.0 Å². The zero-order chi connectivity index (χ0) is 11.0. The van der Waals surface area contributed by atoms with E-state index >= 15 is 0 Å². The number of halogens is 2. The lowest BCUT2D eigenvalue weighted by molar-refractivity contribution is 1.59. The number of hydrogen-bond acceptors (Lipinski definition) is 4. The predicted molar refractivity (Wildman–Crippen MR) is 67.8 cm³/mol. The Hall–Kier alpha value is -0.690. The van der Waals surface area contributed by atoms with Crippen molar-refractivity contribution in [1.29, 1.82) is 0 Å². The minimum Gasteiger partial charge on any atom is -0.376 e. The van der Waals surface area contributed by atoms with Crippen LogP contribution in [0, 0.1) is 0 Å². The van der Waals surface area contributed by atoms with Crippen LogP contribution in [0.15, 0.2) is 6.07 Å². The molecule has 78 valence electrons. The lowest BCUT2D eigenvalue weighted by atomic mass is 10.2. The summed E-state index contributed by atoms with van der Waals surface area (Å²) in [4.78, 5) is 0. The van der Waals surface area contributed by atoms with Crippen molar-refractivity contribution in [2.24, 2.45) is 5.73 Å². The smallest absolute Gasteiger partial charge is 0.168 e. The van der Waals surface area contributed by atoms with Gasteiger partial charge in [0.15, 0.2) is 5.11 Å². The molecule has 0 aliphatic heterocycles. The average Bonchev–Trinajstić information content (AvgIpc) is 2.60. The van der Waals surface area contributed by atoms with Gasteiger partial charge in [-0.3, -0.25) is 0 Å². The Balaban J connectivity index is 2.71. The van der Waals surface area contributed by atoms with Crippen molar-refractivity contribution in [1.82, 2.24) is 8.75 Å². The number of aromatic nitrogens is 2. The summed E-state index contributed by atoms with van der Waals surface area (Å²) < 4.78 is 8.12. The molecule has 0 unspecified atom stereocenters. The third-order valence-electron chi connectivity index (χ3n) is 1.69. The highest BCUT2D eigenvalue weighted by atomic mass is 35.5. The first kappa shape index (κ1) is 10.8. The fourth-order valence-electron chi connectivity index (χ4n) is 1.12. The van der Waals surface area contributed by atoms with Crippen LogP contribution in [0.25, 0.3) is 11.0 Å². The summed E-state index contributed by atoms with van der Waals surface area (Å²) in [6.45, 7) is 0. The summed E-state index contributed by atoms with van der Waals surface area (Å²) in [6.07, 6.45) is 0. The molecule has 1 aromatic carbocycles. The number of nitrogens with zero attached hydrogens (tertiary/aromatic N) is 2. The Morgan fingerprint density at radius 2 is 2.00 bits per heavy atom. The van der Waals surface area contributed by atoms with Crippen LogP contribution in [0.3, 0.4) is 0 Å². The molecule has 0 amide bonds. The van der Waals surface area contributed by atoms with E-state index in [1.54, 1.807) is 6.07 Å².